The Morgan fingerprint density at radius 1 is 1.33 bits per heavy atom. The maximum atomic E-state index is 11.3. The van der Waals surface area contributed by atoms with E-state index >= 15 is 0 Å². The molecule has 0 aliphatic rings. The largest absolute Gasteiger partial charge is 0.482 e. The number of methoxy groups -OCH3 is 1. The van der Waals surface area contributed by atoms with Gasteiger partial charge >= 0.3 is 5.97 Å². The Bertz CT molecular complexity index is 451. The summed E-state index contributed by atoms with van der Waals surface area (Å²) >= 11 is 11.6. The van der Waals surface area contributed by atoms with E-state index in [0.717, 1.165) is 0 Å². The van der Waals surface area contributed by atoms with Crippen molar-refractivity contribution in [3.8, 4) is 5.75 Å². The number of carbonyl (C=O) groups is 2. The number of hydrogen-bond acceptors (Lipinski definition) is 4. The van der Waals surface area contributed by atoms with Crippen LogP contribution in [0.4, 0.5) is 0 Å². The molecule has 0 bridgehead atoms. The van der Waals surface area contributed by atoms with Crippen LogP contribution in [0.3, 0.4) is 0 Å². The first-order chi connectivity index (χ1) is 8.52. The van der Waals surface area contributed by atoms with Gasteiger partial charge in [0, 0.05) is 11.1 Å². The van der Waals surface area contributed by atoms with Gasteiger partial charge in [-0.1, -0.05) is 23.2 Å². The van der Waals surface area contributed by atoms with Gasteiger partial charge in [0.25, 0.3) is 5.91 Å². The second kappa shape index (κ2) is 7.08. The molecule has 0 radical (unpaired) electrons. The van der Waals surface area contributed by atoms with Crippen LogP contribution in [0, 0.1) is 0 Å². The Labute approximate surface area is 114 Å². The number of hydrogen-bond donors (Lipinski definition) is 1. The van der Waals surface area contributed by atoms with Crippen molar-refractivity contribution in [3.63, 3.8) is 0 Å². The molecule has 1 aromatic carbocycles. The monoisotopic (exact) mass is 291 g/mol. The third-order valence-electron chi connectivity index (χ3n) is 1.91. The minimum Gasteiger partial charge on any atom is -0.482 e. The molecule has 0 saturated carbocycles. The van der Waals surface area contributed by atoms with Gasteiger partial charge in [-0.2, -0.15) is 0 Å². The molecule has 0 aliphatic carbocycles. The summed E-state index contributed by atoms with van der Waals surface area (Å²) < 4.78 is 9.53. The third kappa shape index (κ3) is 4.81. The second-order valence-corrected chi connectivity index (χ2v) is 4.06. The number of nitrogens with one attached hydrogen (secondary N) is 1. The van der Waals surface area contributed by atoms with Gasteiger partial charge in [-0.15, -0.1) is 0 Å². The quantitative estimate of drug-likeness (QED) is 0.838. The van der Waals surface area contributed by atoms with Crippen LogP contribution < -0.4 is 10.1 Å². The molecule has 98 valence electrons. The predicted molar refractivity (Wildman–Crippen MR) is 67.0 cm³/mol. The molecular weight excluding hydrogens is 281 g/mol. The van der Waals surface area contributed by atoms with Crippen LogP contribution in [-0.4, -0.2) is 32.1 Å². The van der Waals surface area contributed by atoms with Crippen LogP contribution in [-0.2, 0) is 14.3 Å². The Kier molecular flexibility index (Phi) is 5.74. The summed E-state index contributed by atoms with van der Waals surface area (Å²) in [4.78, 5) is 22.1. The maximum Gasteiger partial charge on any atom is 0.325 e. The van der Waals surface area contributed by atoms with Crippen LogP contribution in [0.15, 0.2) is 18.2 Å². The van der Waals surface area contributed by atoms with Gasteiger partial charge in [0.2, 0.25) is 0 Å². The molecule has 0 aliphatic heterocycles. The molecule has 0 unspecified atom stereocenters. The molecule has 1 rings (SSSR count). The average molecular weight is 292 g/mol. The lowest BCUT2D eigenvalue weighted by Crippen LogP contribution is -2.33. The van der Waals surface area contributed by atoms with Gasteiger partial charge < -0.3 is 14.8 Å². The fraction of sp³-hybridized carbons (Fsp3) is 0.273. The van der Waals surface area contributed by atoms with Gasteiger partial charge in [-0.25, -0.2) is 0 Å². The lowest BCUT2D eigenvalue weighted by Gasteiger charge is -2.08. The van der Waals surface area contributed by atoms with Gasteiger partial charge in [0.05, 0.1) is 12.1 Å². The normalized spacial score (nSPS) is 9.72. The number of rotatable bonds is 5. The maximum absolute atomic E-state index is 11.3. The molecule has 18 heavy (non-hydrogen) atoms. The van der Waals surface area contributed by atoms with E-state index in [4.69, 9.17) is 27.9 Å². The summed E-state index contributed by atoms with van der Waals surface area (Å²) in [5.74, 6) is -0.696. The van der Waals surface area contributed by atoms with Crippen molar-refractivity contribution in [2.75, 3.05) is 20.3 Å². The molecule has 7 heteroatoms. The molecule has 0 spiro atoms. The molecule has 5 nitrogen and oxygen atoms in total. The van der Waals surface area contributed by atoms with Gasteiger partial charge in [0.15, 0.2) is 6.61 Å². The van der Waals surface area contributed by atoms with E-state index in [9.17, 15) is 9.59 Å². The van der Waals surface area contributed by atoms with E-state index in [-0.39, 0.29) is 13.2 Å². The smallest absolute Gasteiger partial charge is 0.325 e. The van der Waals surface area contributed by atoms with Crippen LogP contribution in [0.25, 0.3) is 0 Å². The highest BCUT2D eigenvalue weighted by molar-refractivity contribution is 6.34. The fourth-order valence-corrected chi connectivity index (χ4v) is 1.36. The van der Waals surface area contributed by atoms with E-state index in [0.29, 0.717) is 15.8 Å². The topological polar surface area (TPSA) is 64.6 Å². The Morgan fingerprint density at radius 2 is 2.06 bits per heavy atom. The molecule has 1 amide bonds. The van der Waals surface area contributed by atoms with Gasteiger partial charge in [0.1, 0.15) is 12.3 Å². The fourth-order valence-electron chi connectivity index (χ4n) is 1.03. The lowest BCUT2D eigenvalue weighted by atomic mass is 10.3. The molecule has 0 saturated heterocycles. The zero-order valence-corrected chi connectivity index (χ0v) is 11.0. The molecule has 1 N–H and O–H groups in total. The van der Waals surface area contributed by atoms with E-state index in [1.165, 1.54) is 13.2 Å². The van der Waals surface area contributed by atoms with Crippen molar-refractivity contribution < 1.29 is 19.1 Å². The van der Waals surface area contributed by atoms with Crippen LogP contribution in [0.5, 0.6) is 5.75 Å². The zero-order chi connectivity index (χ0) is 13.5. The van der Waals surface area contributed by atoms with Crippen molar-refractivity contribution in [1.82, 2.24) is 5.32 Å². The highest BCUT2D eigenvalue weighted by Gasteiger charge is 2.08. The highest BCUT2D eigenvalue weighted by atomic mass is 35.5. The van der Waals surface area contributed by atoms with Gasteiger partial charge in [-0.3, -0.25) is 9.59 Å². The van der Waals surface area contributed by atoms with Crippen LogP contribution in [0.2, 0.25) is 10.0 Å². The number of carbonyl (C=O) groups excluding carboxylic acids is 2. The average Bonchev–Trinajstić information content (AvgIpc) is 2.36. The first kappa shape index (κ1) is 14.6. The molecular formula is C11H11Cl2NO4. The summed E-state index contributed by atoms with van der Waals surface area (Å²) in [7, 11) is 1.23. The molecule has 0 fully saturated rings. The van der Waals surface area contributed by atoms with Crippen LogP contribution >= 0.6 is 23.2 Å². The number of halogens is 2. The summed E-state index contributed by atoms with van der Waals surface area (Å²) in [6.07, 6.45) is 0. The number of benzene rings is 1. The lowest BCUT2D eigenvalue weighted by molar-refractivity contribution is -0.141. The summed E-state index contributed by atoms with van der Waals surface area (Å²) in [5.41, 5.74) is 0. The van der Waals surface area contributed by atoms with E-state index in [1.807, 2.05) is 0 Å². The van der Waals surface area contributed by atoms with Crippen molar-refractivity contribution in [1.29, 1.82) is 0 Å². The summed E-state index contributed by atoms with van der Waals surface area (Å²) in [6, 6.07) is 4.66. The third-order valence-corrected chi connectivity index (χ3v) is 2.46. The molecule has 0 atom stereocenters. The highest BCUT2D eigenvalue weighted by Crippen LogP contribution is 2.27. The SMILES string of the molecule is COC(=O)CNC(=O)COc1cc(Cl)ccc1Cl. The van der Waals surface area contributed by atoms with E-state index < -0.39 is 11.9 Å². The first-order valence-electron chi connectivity index (χ1n) is 4.94. The Morgan fingerprint density at radius 3 is 2.72 bits per heavy atom. The van der Waals surface area contributed by atoms with Crippen molar-refractivity contribution in [3.05, 3.63) is 28.2 Å². The van der Waals surface area contributed by atoms with Crippen molar-refractivity contribution in [2.45, 2.75) is 0 Å². The second-order valence-electron chi connectivity index (χ2n) is 3.22. The number of esters is 1. The Balaban J connectivity index is 2.42. The summed E-state index contributed by atoms with van der Waals surface area (Å²) in [5, 5.41) is 3.12. The van der Waals surface area contributed by atoms with E-state index in [1.54, 1.807) is 12.1 Å². The molecule has 0 aromatic heterocycles. The van der Waals surface area contributed by atoms with Crippen LogP contribution in [0.1, 0.15) is 0 Å². The van der Waals surface area contributed by atoms with Gasteiger partial charge in [-0.05, 0) is 12.1 Å². The summed E-state index contributed by atoms with van der Waals surface area (Å²) in [6.45, 7) is -0.473. The number of ether oxygens (including phenoxy) is 2. The van der Waals surface area contributed by atoms with Crippen molar-refractivity contribution >= 4 is 35.1 Å². The van der Waals surface area contributed by atoms with Crippen molar-refractivity contribution in [2.24, 2.45) is 0 Å². The Hall–Kier alpha value is -1.46. The predicted octanol–water partition coefficient (Wildman–Crippen LogP) is 1.66. The minimum atomic E-state index is -0.538. The number of amides is 1. The zero-order valence-electron chi connectivity index (χ0n) is 9.54. The van der Waals surface area contributed by atoms with E-state index in [2.05, 4.69) is 10.1 Å². The first-order valence-corrected chi connectivity index (χ1v) is 5.70. The minimum absolute atomic E-state index is 0.206. The molecule has 0 heterocycles. The molecule has 1 aromatic rings. The standard InChI is InChI=1S/C11H11Cl2NO4/c1-17-11(16)5-14-10(15)6-18-9-4-7(12)2-3-8(9)13/h2-4H,5-6H2,1H3,(H,14,15).